The van der Waals surface area contributed by atoms with Gasteiger partial charge in [-0.25, -0.2) is 0 Å². The van der Waals surface area contributed by atoms with Crippen molar-refractivity contribution in [1.82, 2.24) is 4.90 Å². The van der Waals surface area contributed by atoms with E-state index in [9.17, 15) is 9.59 Å². The van der Waals surface area contributed by atoms with Crippen molar-refractivity contribution in [3.63, 3.8) is 0 Å². The van der Waals surface area contributed by atoms with Gasteiger partial charge in [0.05, 0.1) is 11.5 Å². The van der Waals surface area contributed by atoms with Crippen molar-refractivity contribution in [1.29, 1.82) is 0 Å². The van der Waals surface area contributed by atoms with Gasteiger partial charge in [0.2, 0.25) is 11.8 Å². The summed E-state index contributed by atoms with van der Waals surface area (Å²) in [6.45, 7) is 4.59. The van der Waals surface area contributed by atoms with Gasteiger partial charge < -0.3 is 5.73 Å². The quantitative estimate of drug-likeness (QED) is 0.805. The molecule has 20 heavy (non-hydrogen) atoms. The number of rotatable bonds is 4. The standard InChI is InChI=1S/C16H28N2O2/c1-12(2)9-13(11-17)18-14(19)10-16(15(18)20)7-5-3-4-6-8-16/h12-13H,3-11,17H2,1-2H3. The molecule has 1 saturated carbocycles. The van der Waals surface area contributed by atoms with Crippen LogP contribution in [0.4, 0.5) is 0 Å². The molecular formula is C16H28N2O2. The Balaban J connectivity index is 2.18. The van der Waals surface area contributed by atoms with E-state index in [1.54, 1.807) is 0 Å². The Morgan fingerprint density at radius 3 is 2.25 bits per heavy atom. The van der Waals surface area contributed by atoms with Crippen LogP contribution in [0.1, 0.15) is 65.2 Å². The number of carbonyl (C=O) groups is 2. The van der Waals surface area contributed by atoms with Crippen LogP contribution in [0.3, 0.4) is 0 Å². The summed E-state index contributed by atoms with van der Waals surface area (Å²) >= 11 is 0. The molecule has 2 N–H and O–H groups in total. The summed E-state index contributed by atoms with van der Waals surface area (Å²) in [6, 6.07) is -0.113. The lowest BCUT2D eigenvalue weighted by molar-refractivity contribution is -0.144. The molecule has 1 aliphatic heterocycles. The van der Waals surface area contributed by atoms with Crippen LogP contribution in [0.5, 0.6) is 0 Å². The van der Waals surface area contributed by atoms with E-state index in [0.717, 1.165) is 32.1 Å². The maximum absolute atomic E-state index is 12.9. The molecule has 2 amide bonds. The molecular weight excluding hydrogens is 252 g/mol. The monoisotopic (exact) mass is 280 g/mol. The molecule has 0 aromatic heterocycles. The minimum Gasteiger partial charge on any atom is -0.328 e. The van der Waals surface area contributed by atoms with E-state index >= 15 is 0 Å². The fraction of sp³-hybridized carbons (Fsp3) is 0.875. The van der Waals surface area contributed by atoms with Gasteiger partial charge in [0.15, 0.2) is 0 Å². The minimum atomic E-state index is -0.391. The predicted molar refractivity (Wildman–Crippen MR) is 78.9 cm³/mol. The zero-order valence-electron chi connectivity index (χ0n) is 12.9. The second kappa shape index (κ2) is 6.25. The summed E-state index contributed by atoms with van der Waals surface area (Å²) in [7, 11) is 0. The Hall–Kier alpha value is -0.900. The number of nitrogens with two attached hydrogens (primary N) is 1. The van der Waals surface area contributed by atoms with Gasteiger partial charge >= 0.3 is 0 Å². The Kier molecular flexibility index (Phi) is 4.84. The summed E-state index contributed by atoms with van der Waals surface area (Å²) in [5, 5.41) is 0. The average molecular weight is 280 g/mol. The molecule has 1 atom stereocenters. The van der Waals surface area contributed by atoms with E-state index in [1.165, 1.54) is 17.7 Å². The van der Waals surface area contributed by atoms with Crippen LogP contribution in [-0.4, -0.2) is 29.3 Å². The summed E-state index contributed by atoms with van der Waals surface area (Å²) in [6.07, 6.45) is 7.52. The molecule has 114 valence electrons. The van der Waals surface area contributed by atoms with Gasteiger partial charge in [0.25, 0.3) is 0 Å². The summed E-state index contributed by atoms with van der Waals surface area (Å²) in [5.41, 5.74) is 5.44. The van der Waals surface area contributed by atoms with Gasteiger partial charge in [-0.1, -0.05) is 39.5 Å². The summed E-state index contributed by atoms with van der Waals surface area (Å²) in [5.74, 6) is 0.517. The molecule has 4 nitrogen and oxygen atoms in total. The zero-order valence-corrected chi connectivity index (χ0v) is 12.9. The molecule has 0 aromatic rings. The van der Waals surface area contributed by atoms with E-state index in [1.807, 2.05) is 0 Å². The SMILES string of the molecule is CC(C)CC(CN)N1C(=O)CC2(CCCCCC2)C1=O. The van der Waals surface area contributed by atoms with E-state index < -0.39 is 5.41 Å². The highest BCUT2D eigenvalue weighted by Gasteiger charge is 2.52. The van der Waals surface area contributed by atoms with Gasteiger partial charge in [-0.15, -0.1) is 0 Å². The fourth-order valence-corrected chi connectivity index (χ4v) is 3.84. The Morgan fingerprint density at radius 1 is 1.15 bits per heavy atom. The molecule has 1 heterocycles. The number of likely N-dealkylation sites (tertiary alicyclic amines) is 1. The Labute approximate surface area is 122 Å². The number of carbonyl (C=O) groups excluding carboxylic acids is 2. The molecule has 1 aliphatic carbocycles. The van der Waals surface area contributed by atoms with Crippen LogP contribution in [0.2, 0.25) is 0 Å². The molecule has 1 saturated heterocycles. The summed E-state index contributed by atoms with van der Waals surface area (Å²) in [4.78, 5) is 26.8. The third kappa shape index (κ3) is 2.90. The van der Waals surface area contributed by atoms with Gasteiger partial charge in [0.1, 0.15) is 0 Å². The first-order valence-electron chi connectivity index (χ1n) is 8.07. The first-order valence-corrected chi connectivity index (χ1v) is 8.07. The van der Waals surface area contributed by atoms with E-state index in [4.69, 9.17) is 5.73 Å². The number of nitrogens with zero attached hydrogens (tertiary/aromatic N) is 1. The first kappa shape index (κ1) is 15.5. The van der Waals surface area contributed by atoms with Crippen molar-refractivity contribution < 1.29 is 9.59 Å². The van der Waals surface area contributed by atoms with Crippen LogP contribution in [0.25, 0.3) is 0 Å². The molecule has 4 heteroatoms. The molecule has 0 radical (unpaired) electrons. The second-order valence-corrected chi connectivity index (χ2v) is 6.96. The maximum atomic E-state index is 12.9. The molecule has 1 spiro atoms. The van der Waals surface area contributed by atoms with E-state index in [-0.39, 0.29) is 17.9 Å². The molecule has 2 aliphatic rings. The van der Waals surface area contributed by atoms with Gasteiger partial charge in [-0.2, -0.15) is 0 Å². The molecule has 0 aromatic carbocycles. The van der Waals surface area contributed by atoms with Crippen LogP contribution in [-0.2, 0) is 9.59 Å². The molecule has 1 unspecified atom stereocenters. The largest absolute Gasteiger partial charge is 0.328 e. The van der Waals surface area contributed by atoms with Crippen molar-refractivity contribution in [2.75, 3.05) is 6.54 Å². The lowest BCUT2D eigenvalue weighted by atomic mass is 9.79. The topological polar surface area (TPSA) is 63.4 Å². The van der Waals surface area contributed by atoms with Crippen LogP contribution < -0.4 is 5.73 Å². The van der Waals surface area contributed by atoms with Crippen molar-refractivity contribution in [2.24, 2.45) is 17.1 Å². The molecule has 0 bridgehead atoms. The first-order chi connectivity index (χ1) is 9.50. The van der Waals surface area contributed by atoms with Gasteiger partial charge in [0, 0.05) is 13.0 Å². The van der Waals surface area contributed by atoms with E-state index in [2.05, 4.69) is 13.8 Å². The second-order valence-electron chi connectivity index (χ2n) is 6.96. The Morgan fingerprint density at radius 2 is 1.75 bits per heavy atom. The third-order valence-corrected chi connectivity index (χ3v) is 4.87. The molecule has 2 fully saturated rings. The van der Waals surface area contributed by atoms with Crippen LogP contribution >= 0.6 is 0 Å². The zero-order chi connectivity index (χ0) is 14.8. The van der Waals surface area contributed by atoms with Crippen LogP contribution in [0, 0.1) is 11.3 Å². The van der Waals surface area contributed by atoms with Gasteiger partial charge in [-0.3, -0.25) is 14.5 Å². The number of hydrogen-bond donors (Lipinski definition) is 1. The van der Waals surface area contributed by atoms with Crippen molar-refractivity contribution in [3.8, 4) is 0 Å². The smallest absolute Gasteiger partial charge is 0.236 e. The van der Waals surface area contributed by atoms with Crippen molar-refractivity contribution in [2.45, 2.75) is 71.3 Å². The van der Waals surface area contributed by atoms with Crippen LogP contribution in [0.15, 0.2) is 0 Å². The van der Waals surface area contributed by atoms with Gasteiger partial charge in [-0.05, 0) is 25.2 Å². The highest BCUT2D eigenvalue weighted by atomic mass is 16.2. The number of amides is 2. The lowest BCUT2D eigenvalue weighted by Gasteiger charge is -2.30. The fourth-order valence-electron chi connectivity index (χ4n) is 3.84. The third-order valence-electron chi connectivity index (χ3n) is 4.87. The lowest BCUT2D eigenvalue weighted by Crippen LogP contribution is -2.46. The summed E-state index contributed by atoms with van der Waals surface area (Å²) < 4.78 is 0. The highest BCUT2D eigenvalue weighted by molar-refractivity contribution is 6.06. The minimum absolute atomic E-state index is 0.00741. The van der Waals surface area contributed by atoms with E-state index in [0.29, 0.717) is 18.9 Å². The van der Waals surface area contributed by atoms with Crippen molar-refractivity contribution >= 4 is 11.8 Å². The predicted octanol–water partition coefficient (Wildman–Crippen LogP) is 2.46. The number of imide groups is 1. The number of hydrogen-bond acceptors (Lipinski definition) is 3. The molecule has 2 rings (SSSR count). The van der Waals surface area contributed by atoms with Crippen molar-refractivity contribution in [3.05, 3.63) is 0 Å². The average Bonchev–Trinajstić information content (AvgIpc) is 2.58. The normalized spacial score (nSPS) is 24.5. The highest BCUT2D eigenvalue weighted by Crippen LogP contribution is 2.45. The maximum Gasteiger partial charge on any atom is 0.236 e. The Bertz CT molecular complexity index is 371.